The summed E-state index contributed by atoms with van der Waals surface area (Å²) in [5, 5.41) is 0. The van der Waals surface area contributed by atoms with Crippen molar-refractivity contribution in [3.63, 3.8) is 0 Å². The molecule has 0 saturated carbocycles. The van der Waals surface area contributed by atoms with Gasteiger partial charge in [-0.1, -0.05) is 18.2 Å². The Kier molecular flexibility index (Phi) is 5.21. The van der Waals surface area contributed by atoms with Gasteiger partial charge in [0.2, 0.25) is 0 Å². The van der Waals surface area contributed by atoms with Gasteiger partial charge < -0.3 is 10.5 Å². The summed E-state index contributed by atoms with van der Waals surface area (Å²) in [6, 6.07) is 2.53. The molecule has 0 bridgehead atoms. The van der Waals surface area contributed by atoms with Gasteiger partial charge in [-0.05, 0) is 18.1 Å². The van der Waals surface area contributed by atoms with Crippen molar-refractivity contribution in [2.24, 2.45) is 5.73 Å². The van der Waals surface area contributed by atoms with Gasteiger partial charge in [-0.15, -0.1) is 0 Å². The molecule has 0 saturated heterocycles. The Morgan fingerprint density at radius 3 is 2.33 bits per heavy atom. The van der Waals surface area contributed by atoms with Crippen LogP contribution < -0.4 is 5.73 Å². The van der Waals surface area contributed by atoms with Gasteiger partial charge in [-0.3, -0.25) is 4.79 Å². The van der Waals surface area contributed by atoms with Crippen LogP contribution in [-0.4, -0.2) is 24.8 Å². The number of ether oxygens (including phenoxy) is 1. The van der Waals surface area contributed by atoms with Crippen molar-refractivity contribution < 1.29 is 35.9 Å². The van der Waals surface area contributed by atoms with E-state index in [0.717, 1.165) is 18.2 Å². The number of hydrogen-bond acceptors (Lipinski definition) is 3. The summed E-state index contributed by atoms with van der Waals surface area (Å²) in [5.41, 5.74) is 4.45. The number of esters is 1. The first-order valence-corrected chi connectivity index (χ1v) is 5.64. The minimum Gasteiger partial charge on any atom is -0.455 e. The van der Waals surface area contributed by atoms with Crippen LogP contribution in [0, 0.1) is 0 Å². The molecule has 1 aromatic rings. The van der Waals surface area contributed by atoms with Crippen LogP contribution in [0.15, 0.2) is 24.3 Å². The van der Waals surface area contributed by atoms with Crippen LogP contribution in [0.25, 0.3) is 0 Å². The van der Waals surface area contributed by atoms with Crippen LogP contribution in [0.4, 0.5) is 26.3 Å². The maximum absolute atomic E-state index is 12.5. The monoisotopic (exact) mass is 315 g/mol. The van der Waals surface area contributed by atoms with Crippen molar-refractivity contribution in [2.45, 2.75) is 24.8 Å². The molecule has 0 aromatic heterocycles. The fourth-order valence-electron chi connectivity index (χ4n) is 1.47. The van der Waals surface area contributed by atoms with Crippen LogP contribution in [0.2, 0.25) is 0 Å². The van der Waals surface area contributed by atoms with Crippen molar-refractivity contribution in [2.75, 3.05) is 6.61 Å². The van der Waals surface area contributed by atoms with Crippen molar-refractivity contribution in [3.8, 4) is 0 Å². The number of alkyl halides is 6. The molecule has 118 valence electrons. The topological polar surface area (TPSA) is 52.3 Å². The predicted octanol–water partition coefficient (Wildman–Crippen LogP) is 2.68. The van der Waals surface area contributed by atoms with Gasteiger partial charge in [0, 0.05) is 0 Å². The fraction of sp³-hybridized carbons (Fsp3) is 0.417. The van der Waals surface area contributed by atoms with Gasteiger partial charge in [0.1, 0.15) is 6.04 Å². The zero-order valence-electron chi connectivity index (χ0n) is 10.5. The zero-order valence-corrected chi connectivity index (χ0v) is 10.5. The minimum absolute atomic E-state index is 0.0706. The molecule has 0 unspecified atom stereocenters. The van der Waals surface area contributed by atoms with E-state index in [1.807, 2.05) is 0 Å². The van der Waals surface area contributed by atoms with Crippen molar-refractivity contribution in [3.05, 3.63) is 35.4 Å². The molecule has 0 fully saturated rings. The molecule has 1 aromatic carbocycles. The average molecular weight is 315 g/mol. The molecule has 0 amide bonds. The molecule has 9 heteroatoms. The van der Waals surface area contributed by atoms with Crippen LogP contribution in [0.5, 0.6) is 0 Å². The van der Waals surface area contributed by atoms with E-state index in [4.69, 9.17) is 5.73 Å². The van der Waals surface area contributed by atoms with Gasteiger partial charge in [0.05, 0.1) is 5.56 Å². The lowest BCUT2D eigenvalue weighted by Crippen LogP contribution is -2.36. The molecule has 1 atom stereocenters. The Hall–Kier alpha value is -1.77. The number of halogens is 6. The molecule has 2 N–H and O–H groups in total. The minimum atomic E-state index is -4.69. The van der Waals surface area contributed by atoms with Crippen molar-refractivity contribution in [1.29, 1.82) is 0 Å². The average Bonchev–Trinajstić information content (AvgIpc) is 2.34. The van der Waals surface area contributed by atoms with E-state index in [1.54, 1.807) is 0 Å². The number of benzene rings is 1. The van der Waals surface area contributed by atoms with Gasteiger partial charge in [-0.2, -0.15) is 26.3 Å². The quantitative estimate of drug-likeness (QED) is 0.686. The number of hydrogen-bond donors (Lipinski definition) is 1. The van der Waals surface area contributed by atoms with Crippen LogP contribution in [0.1, 0.15) is 11.1 Å². The zero-order chi connectivity index (χ0) is 16.3. The number of carbonyl (C=O) groups excluding carboxylic acids is 1. The molecule has 0 aliphatic carbocycles. The highest BCUT2D eigenvalue weighted by Gasteiger charge is 2.32. The highest BCUT2D eigenvalue weighted by Crippen LogP contribution is 2.29. The molecule has 21 heavy (non-hydrogen) atoms. The summed E-state index contributed by atoms with van der Waals surface area (Å²) in [5.74, 6) is -1.33. The van der Waals surface area contributed by atoms with Crippen molar-refractivity contribution in [1.82, 2.24) is 0 Å². The van der Waals surface area contributed by atoms with Crippen LogP contribution in [-0.2, 0) is 22.1 Å². The summed E-state index contributed by atoms with van der Waals surface area (Å²) in [4.78, 5) is 11.2. The van der Waals surface area contributed by atoms with Crippen molar-refractivity contribution >= 4 is 5.97 Å². The highest BCUT2D eigenvalue weighted by atomic mass is 19.4. The normalized spacial score (nSPS) is 13.9. The Balaban J connectivity index is 2.66. The van der Waals surface area contributed by atoms with E-state index in [0.29, 0.717) is 0 Å². The second-order valence-corrected chi connectivity index (χ2v) is 4.23. The molecule has 0 aliphatic rings. The maximum Gasteiger partial charge on any atom is 0.422 e. The Labute approximate surface area is 115 Å². The molecule has 0 radical (unpaired) electrons. The highest BCUT2D eigenvalue weighted by molar-refractivity contribution is 5.75. The summed E-state index contributed by atoms with van der Waals surface area (Å²) in [6.45, 7) is -1.79. The van der Waals surface area contributed by atoms with Gasteiger partial charge in [0.25, 0.3) is 0 Å². The second kappa shape index (κ2) is 6.33. The van der Waals surface area contributed by atoms with Gasteiger partial charge in [0.15, 0.2) is 6.61 Å². The third-order valence-corrected chi connectivity index (χ3v) is 2.39. The van der Waals surface area contributed by atoms with E-state index < -0.39 is 36.5 Å². The third-order valence-electron chi connectivity index (χ3n) is 2.39. The molecular weight excluding hydrogens is 304 g/mol. The largest absolute Gasteiger partial charge is 0.455 e. The summed E-state index contributed by atoms with van der Waals surface area (Å²) < 4.78 is 76.9. The van der Waals surface area contributed by atoms with E-state index in [-0.39, 0.29) is 12.0 Å². The lowest BCUT2D eigenvalue weighted by atomic mass is 10.0. The Bertz CT molecular complexity index is 497. The molecule has 0 spiro atoms. The van der Waals surface area contributed by atoms with E-state index >= 15 is 0 Å². The molecule has 0 heterocycles. The lowest BCUT2D eigenvalue weighted by Gasteiger charge is -2.14. The van der Waals surface area contributed by atoms with E-state index in [1.165, 1.54) is 6.07 Å². The molecule has 1 rings (SSSR count). The van der Waals surface area contributed by atoms with Crippen LogP contribution >= 0.6 is 0 Å². The predicted molar refractivity (Wildman–Crippen MR) is 60.1 cm³/mol. The second-order valence-electron chi connectivity index (χ2n) is 4.23. The standard InChI is InChI=1S/C12H11F6NO2/c13-11(14,15)6-21-10(20)9(19)5-7-2-1-3-8(4-7)12(16,17)18/h1-4,9H,5-6,19H2/t9-/m0/s1. The summed E-state index contributed by atoms with van der Waals surface area (Å²) in [7, 11) is 0. The smallest absolute Gasteiger partial charge is 0.422 e. The van der Waals surface area contributed by atoms with Gasteiger partial charge >= 0.3 is 18.3 Å². The Morgan fingerprint density at radius 2 is 1.81 bits per heavy atom. The molecule has 3 nitrogen and oxygen atoms in total. The Morgan fingerprint density at radius 1 is 1.19 bits per heavy atom. The van der Waals surface area contributed by atoms with Gasteiger partial charge in [-0.25, -0.2) is 0 Å². The number of carbonyl (C=O) groups is 1. The van der Waals surface area contributed by atoms with E-state index in [2.05, 4.69) is 4.74 Å². The third kappa shape index (κ3) is 6.03. The lowest BCUT2D eigenvalue weighted by molar-refractivity contribution is -0.187. The summed E-state index contributed by atoms with van der Waals surface area (Å²) >= 11 is 0. The van der Waals surface area contributed by atoms with E-state index in [9.17, 15) is 31.1 Å². The molecule has 0 aliphatic heterocycles. The first-order chi connectivity index (χ1) is 9.49. The SMILES string of the molecule is N[C@@H](Cc1cccc(C(F)(F)F)c1)C(=O)OCC(F)(F)F. The fourth-order valence-corrected chi connectivity index (χ4v) is 1.47. The first-order valence-electron chi connectivity index (χ1n) is 5.64. The molecular formula is C12H11F6NO2. The maximum atomic E-state index is 12.5. The number of rotatable bonds is 4. The van der Waals surface area contributed by atoms with Crippen LogP contribution in [0.3, 0.4) is 0 Å². The first kappa shape index (κ1) is 17.3. The summed E-state index contributed by atoms with van der Waals surface area (Å²) in [6.07, 6.45) is -9.61. The number of nitrogens with two attached hydrogens (primary N) is 1.